The molecule has 0 aliphatic carbocycles. The number of hydrogen-bond acceptors (Lipinski definition) is 8. The average molecular weight is 862 g/mol. The highest BCUT2D eigenvalue weighted by Crippen LogP contribution is 2.38. The summed E-state index contributed by atoms with van der Waals surface area (Å²) >= 11 is 0. The van der Waals surface area contributed by atoms with Gasteiger partial charge in [0.15, 0.2) is 6.10 Å². The summed E-state index contributed by atoms with van der Waals surface area (Å²) in [5, 5.41) is 0. The molecule has 10 heteroatoms. The smallest absolute Gasteiger partial charge is 0.306 e. The number of quaternary nitrogens is 1. The molecule has 60 heavy (non-hydrogen) atoms. The van der Waals surface area contributed by atoms with Crippen LogP contribution in [-0.2, 0) is 32.7 Å². The zero-order chi connectivity index (χ0) is 44.3. The van der Waals surface area contributed by atoms with Crippen LogP contribution >= 0.6 is 7.82 Å². The van der Waals surface area contributed by atoms with Crippen molar-refractivity contribution in [3.63, 3.8) is 0 Å². The van der Waals surface area contributed by atoms with Crippen LogP contribution in [0.1, 0.15) is 181 Å². The number of rotatable bonds is 42. The van der Waals surface area contributed by atoms with Crippen LogP contribution < -0.4 is 4.89 Å². The molecule has 0 rings (SSSR count). The van der Waals surface area contributed by atoms with Gasteiger partial charge in [0, 0.05) is 12.8 Å². The number of unbranched alkanes of at least 4 members (excludes halogenated alkanes) is 16. The Labute approximate surface area is 368 Å². The molecule has 0 spiro atoms. The van der Waals surface area contributed by atoms with E-state index in [4.69, 9.17) is 18.5 Å². The first-order valence-corrected chi connectivity index (χ1v) is 25.1. The van der Waals surface area contributed by atoms with Crippen LogP contribution in [0.3, 0.4) is 0 Å². The summed E-state index contributed by atoms with van der Waals surface area (Å²) < 4.78 is 33.9. The van der Waals surface area contributed by atoms with E-state index < -0.39 is 32.5 Å². The lowest BCUT2D eigenvalue weighted by molar-refractivity contribution is -0.870. The van der Waals surface area contributed by atoms with Gasteiger partial charge < -0.3 is 27.9 Å². The fourth-order valence-corrected chi connectivity index (χ4v) is 6.80. The van der Waals surface area contributed by atoms with Crippen molar-refractivity contribution < 1.29 is 42.1 Å². The number of carbonyl (C=O) groups excluding carboxylic acids is 2. The average Bonchev–Trinajstić information content (AvgIpc) is 3.20. The molecule has 0 aliphatic heterocycles. The molecular weight excluding hydrogens is 774 g/mol. The molecule has 0 saturated heterocycles. The monoisotopic (exact) mass is 862 g/mol. The van der Waals surface area contributed by atoms with Gasteiger partial charge in [-0.3, -0.25) is 14.2 Å². The van der Waals surface area contributed by atoms with Gasteiger partial charge in [0.25, 0.3) is 7.82 Å². The van der Waals surface area contributed by atoms with Crippen LogP contribution in [0, 0.1) is 0 Å². The van der Waals surface area contributed by atoms with Crippen LogP contribution in [0.15, 0.2) is 72.9 Å². The second-order valence-electron chi connectivity index (χ2n) is 16.7. The zero-order valence-electron chi connectivity index (χ0n) is 38.9. The molecule has 2 unspecified atom stereocenters. The molecule has 0 aliphatic rings. The third kappa shape index (κ3) is 45.0. The number of allylic oxidation sites excluding steroid dienone is 12. The number of hydrogen-bond donors (Lipinski definition) is 0. The summed E-state index contributed by atoms with van der Waals surface area (Å²) in [7, 11) is 1.15. The minimum Gasteiger partial charge on any atom is -0.756 e. The third-order valence-corrected chi connectivity index (χ3v) is 10.7. The second kappa shape index (κ2) is 41.8. The lowest BCUT2D eigenvalue weighted by atomic mass is 10.1. The van der Waals surface area contributed by atoms with Crippen molar-refractivity contribution in [1.82, 2.24) is 0 Å². The number of likely N-dealkylation sites (N-methyl/N-ethyl adjacent to an activating group) is 1. The molecule has 0 heterocycles. The maximum atomic E-state index is 12.7. The molecule has 0 aromatic carbocycles. The van der Waals surface area contributed by atoms with Gasteiger partial charge in [-0.1, -0.05) is 177 Å². The summed E-state index contributed by atoms with van der Waals surface area (Å²) in [5.41, 5.74) is 0. The first-order valence-electron chi connectivity index (χ1n) is 23.6. The van der Waals surface area contributed by atoms with Crippen molar-refractivity contribution in [2.24, 2.45) is 0 Å². The number of ether oxygens (including phenoxy) is 2. The lowest BCUT2D eigenvalue weighted by Gasteiger charge is -2.28. The second-order valence-corrected chi connectivity index (χ2v) is 18.2. The van der Waals surface area contributed by atoms with Crippen LogP contribution in [0.2, 0.25) is 0 Å². The molecule has 0 saturated carbocycles. The number of phosphoric ester groups is 1. The van der Waals surface area contributed by atoms with Crippen molar-refractivity contribution in [3.05, 3.63) is 72.9 Å². The van der Waals surface area contributed by atoms with Crippen molar-refractivity contribution in [1.29, 1.82) is 0 Å². The Balaban J connectivity index is 4.30. The highest BCUT2D eigenvalue weighted by molar-refractivity contribution is 7.45. The largest absolute Gasteiger partial charge is 0.756 e. The van der Waals surface area contributed by atoms with E-state index in [1.165, 1.54) is 51.4 Å². The summed E-state index contributed by atoms with van der Waals surface area (Å²) in [6.45, 7) is 4.08. The fraction of sp³-hybridized carbons (Fsp3) is 0.720. The van der Waals surface area contributed by atoms with Gasteiger partial charge in [-0.15, -0.1) is 0 Å². The quantitative estimate of drug-likeness (QED) is 0.0196. The zero-order valence-corrected chi connectivity index (χ0v) is 39.8. The normalized spacial score (nSPS) is 14.2. The van der Waals surface area contributed by atoms with Crippen molar-refractivity contribution in [2.45, 2.75) is 187 Å². The fourth-order valence-electron chi connectivity index (χ4n) is 6.07. The number of carbonyl (C=O) groups is 2. The molecule has 2 atom stereocenters. The Kier molecular flexibility index (Phi) is 40.0. The van der Waals surface area contributed by atoms with E-state index in [-0.39, 0.29) is 26.1 Å². The van der Waals surface area contributed by atoms with Crippen molar-refractivity contribution in [2.75, 3.05) is 47.5 Å². The Morgan fingerprint density at radius 2 is 0.950 bits per heavy atom. The molecule has 9 nitrogen and oxygen atoms in total. The minimum absolute atomic E-state index is 0.0365. The van der Waals surface area contributed by atoms with Crippen LogP contribution in [-0.4, -0.2) is 70.0 Å². The number of phosphoric acid groups is 1. The van der Waals surface area contributed by atoms with E-state index in [1.807, 2.05) is 21.1 Å². The molecule has 0 bridgehead atoms. The molecule has 0 N–H and O–H groups in total. The highest BCUT2D eigenvalue weighted by atomic mass is 31.2. The maximum Gasteiger partial charge on any atom is 0.306 e. The van der Waals surface area contributed by atoms with Crippen molar-refractivity contribution >= 4 is 19.8 Å². The predicted molar refractivity (Wildman–Crippen MR) is 249 cm³/mol. The van der Waals surface area contributed by atoms with Gasteiger partial charge in [-0.05, 0) is 64.2 Å². The van der Waals surface area contributed by atoms with Crippen LogP contribution in [0.4, 0.5) is 0 Å². The Bertz CT molecular complexity index is 1250. The lowest BCUT2D eigenvalue weighted by Crippen LogP contribution is -2.37. The third-order valence-electron chi connectivity index (χ3n) is 9.74. The maximum absolute atomic E-state index is 12.7. The van der Waals surface area contributed by atoms with Gasteiger partial charge >= 0.3 is 11.9 Å². The molecule has 0 aromatic heterocycles. The first kappa shape index (κ1) is 57.4. The molecule has 346 valence electrons. The van der Waals surface area contributed by atoms with E-state index in [0.29, 0.717) is 17.4 Å². The molecule has 0 fully saturated rings. The van der Waals surface area contributed by atoms with E-state index in [0.717, 1.165) is 96.3 Å². The minimum atomic E-state index is -4.63. The van der Waals surface area contributed by atoms with Gasteiger partial charge in [0.1, 0.15) is 19.8 Å². The van der Waals surface area contributed by atoms with Gasteiger partial charge in [0.2, 0.25) is 0 Å². The van der Waals surface area contributed by atoms with E-state index in [2.05, 4.69) is 86.8 Å². The molecule has 0 aromatic rings. The van der Waals surface area contributed by atoms with Gasteiger partial charge in [0.05, 0.1) is 27.7 Å². The van der Waals surface area contributed by atoms with E-state index in [9.17, 15) is 19.0 Å². The molecule has 0 radical (unpaired) electrons. The summed E-state index contributed by atoms with van der Waals surface area (Å²) in [6.07, 6.45) is 52.2. The van der Waals surface area contributed by atoms with Crippen LogP contribution in [0.5, 0.6) is 0 Å². The number of esters is 2. The Morgan fingerprint density at radius 3 is 1.42 bits per heavy atom. The van der Waals surface area contributed by atoms with Gasteiger partial charge in [-0.25, -0.2) is 0 Å². The van der Waals surface area contributed by atoms with Crippen molar-refractivity contribution in [3.8, 4) is 0 Å². The summed E-state index contributed by atoms with van der Waals surface area (Å²) in [6, 6.07) is 0. The topological polar surface area (TPSA) is 111 Å². The predicted octanol–water partition coefficient (Wildman–Crippen LogP) is 13.2. The van der Waals surface area contributed by atoms with E-state index >= 15 is 0 Å². The Morgan fingerprint density at radius 1 is 0.533 bits per heavy atom. The molecule has 0 amide bonds. The summed E-state index contributed by atoms with van der Waals surface area (Å²) in [4.78, 5) is 37.5. The van der Waals surface area contributed by atoms with Gasteiger partial charge in [-0.2, -0.15) is 0 Å². The highest BCUT2D eigenvalue weighted by Gasteiger charge is 2.21. The Hall–Kier alpha value is -2.55. The standard InChI is InChI=1S/C50H88NO8P/c1-6-8-10-12-14-16-18-19-20-21-22-23-24-25-26-27-28-29-30-31-33-35-37-39-41-43-50(53)59-48(47-58-60(54,55)57-45-44-51(3,4)5)46-56-49(52)42-40-38-36-34-32-17-15-13-11-9-7-2/h8,10,14,16,19-20,22-23,25-26,28-29,48H,6-7,9,11-13,15,17-18,21,24,27,30-47H2,1-5H3/b10-8-,16-14-,20-19-,23-22-,26-25-,29-28-. The SMILES string of the molecule is CC/C=C\C/C=C\C/C=C\C/C=C\C/C=C\C/C=C\CCCCCCCCC(=O)OC(COC(=O)CCCCCCCCCCCCC)COP(=O)([O-])OCC[N+](C)(C)C. The van der Waals surface area contributed by atoms with Crippen LogP contribution in [0.25, 0.3) is 0 Å². The summed E-state index contributed by atoms with van der Waals surface area (Å²) in [5.74, 6) is -0.855. The first-order chi connectivity index (χ1) is 29.0. The van der Waals surface area contributed by atoms with E-state index in [1.54, 1.807) is 0 Å². The molecular formula is C50H88NO8P. The number of nitrogens with zero attached hydrogens (tertiary/aromatic N) is 1.